The van der Waals surface area contributed by atoms with E-state index in [0.29, 0.717) is 17.1 Å². The molecule has 13 nitrogen and oxygen atoms in total. The first kappa shape index (κ1) is 27.4. The minimum atomic E-state index is -1.35. The normalized spacial score (nSPS) is 19.9. The number of carbonyl (C=O) groups is 4. The van der Waals surface area contributed by atoms with Crippen LogP contribution in [0.15, 0.2) is 51.2 Å². The molecule has 0 radical (unpaired) electrons. The number of hydrogen-bond donors (Lipinski definition) is 4. The number of nitrogens with zero attached hydrogens (tertiary/aromatic N) is 4. The number of hydrogen-bond acceptors (Lipinski definition) is 11. The summed E-state index contributed by atoms with van der Waals surface area (Å²) in [6.07, 6.45) is 2.43. The number of pyridine rings is 1. The van der Waals surface area contributed by atoms with Crippen molar-refractivity contribution < 1.29 is 38.8 Å². The molecule has 200 valence electrons. The van der Waals surface area contributed by atoms with Gasteiger partial charge in [0.05, 0.1) is 0 Å². The van der Waals surface area contributed by atoms with Crippen molar-refractivity contribution in [3.05, 3.63) is 46.9 Å². The Balaban J connectivity index is 1.50. The van der Waals surface area contributed by atoms with E-state index in [1.807, 2.05) is 36.1 Å². The number of rotatable bonds is 10. The highest BCUT2D eigenvalue weighted by atomic mass is 32.2. The van der Waals surface area contributed by atoms with Gasteiger partial charge in [-0.1, -0.05) is 5.16 Å². The van der Waals surface area contributed by atoms with Gasteiger partial charge in [0.2, 0.25) is 6.10 Å². The summed E-state index contributed by atoms with van der Waals surface area (Å²) in [6.45, 7) is 1.23. The molecule has 0 aliphatic carbocycles. The first-order chi connectivity index (χ1) is 18.1. The standard InChI is InChI=1S/C22H22N6O7S3/c1-10(20(31)32)35-26-14(13-9-38-22(23)24-13)17(29)25-15-18(30)28-16(21(33)34)11(8-37-19(15)28)7-36-12-3-5-27(2)6-4-12/h3-6,9-10,15,19H,7-8H2,1-2H3,(H4-,23,24,25,29,31,32,33,34)/p+1/t10-,15+,19+/m0/s1. The van der Waals surface area contributed by atoms with Crippen LogP contribution in [0.2, 0.25) is 0 Å². The molecular formula is C22H23N6O7S3+. The van der Waals surface area contributed by atoms with E-state index in [2.05, 4.69) is 15.5 Å². The zero-order valence-electron chi connectivity index (χ0n) is 20.1. The number of amides is 2. The molecule has 16 heteroatoms. The van der Waals surface area contributed by atoms with Crippen molar-refractivity contribution in [1.29, 1.82) is 0 Å². The topological polar surface area (TPSA) is 188 Å². The van der Waals surface area contributed by atoms with Crippen molar-refractivity contribution in [3.63, 3.8) is 0 Å². The summed E-state index contributed by atoms with van der Waals surface area (Å²) in [4.78, 5) is 60.3. The first-order valence-electron chi connectivity index (χ1n) is 11.0. The zero-order chi connectivity index (χ0) is 27.6. The van der Waals surface area contributed by atoms with Crippen molar-refractivity contribution >= 4 is 69.5 Å². The van der Waals surface area contributed by atoms with Gasteiger partial charge in [0.1, 0.15) is 29.9 Å². The summed E-state index contributed by atoms with van der Waals surface area (Å²) in [6, 6.07) is 2.81. The summed E-state index contributed by atoms with van der Waals surface area (Å²) < 4.78 is 1.89. The fraction of sp³-hybridized carbons (Fsp3) is 0.318. The molecule has 1 fully saturated rings. The molecule has 0 aromatic carbocycles. The number of nitrogen functional groups attached to an aromatic ring is 1. The number of β-lactam (4-membered cyclic amide) rings is 1. The number of nitrogens with two attached hydrogens (primary N) is 1. The number of aromatic nitrogens is 2. The highest BCUT2D eigenvalue weighted by Gasteiger charge is 2.54. The lowest BCUT2D eigenvalue weighted by molar-refractivity contribution is -0.671. The summed E-state index contributed by atoms with van der Waals surface area (Å²) in [5.74, 6) is -3.20. The Morgan fingerprint density at radius 1 is 1.37 bits per heavy atom. The molecule has 1 saturated heterocycles. The zero-order valence-corrected chi connectivity index (χ0v) is 22.5. The molecule has 2 amide bonds. The SMILES string of the molecule is C[C@H](ON=C(C(=O)N[C@@H]1C(=O)N2C(C(=O)O)=C(CSc3cc[n+](C)cc3)CS[C@H]12)c1csc(N)n1)C(=O)O. The van der Waals surface area contributed by atoms with E-state index in [9.17, 15) is 24.3 Å². The Morgan fingerprint density at radius 3 is 2.68 bits per heavy atom. The third-order valence-corrected chi connectivity index (χ3v) is 8.64. The Morgan fingerprint density at radius 2 is 2.08 bits per heavy atom. The van der Waals surface area contributed by atoms with Crippen LogP contribution in [-0.2, 0) is 31.1 Å². The fourth-order valence-corrected chi connectivity index (χ4v) is 6.45. The van der Waals surface area contributed by atoms with Crippen molar-refractivity contribution in [2.45, 2.75) is 29.3 Å². The van der Waals surface area contributed by atoms with Gasteiger partial charge in [-0.2, -0.15) is 0 Å². The highest BCUT2D eigenvalue weighted by molar-refractivity contribution is 8.01. The van der Waals surface area contributed by atoms with Crippen LogP contribution in [0.25, 0.3) is 0 Å². The molecule has 2 aliphatic heterocycles. The minimum Gasteiger partial charge on any atom is -0.478 e. The molecule has 2 aromatic rings. The maximum atomic E-state index is 13.1. The van der Waals surface area contributed by atoms with Crippen molar-refractivity contribution in [1.82, 2.24) is 15.2 Å². The lowest BCUT2D eigenvalue weighted by atomic mass is 10.0. The van der Waals surface area contributed by atoms with Gasteiger partial charge in [0.25, 0.3) is 11.8 Å². The minimum absolute atomic E-state index is 0.0439. The number of carboxylic acid groups (broad SMARTS) is 2. The highest BCUT2D eigenvalue weighted by Crippen LogP contribution is 2.41. The van der Waals surface area contributed by atoms with Gasteiger partial charge in [-0.25, -0.2) is 19.1 Å². The van der Waals surface area contributed by atoms with Crippen LogP contribution in [0, 0.1) is 0 Å². The van der Waals surface area contributed by atoms with Gasteiger partial charge in [0, 0.05) is 33.9 Å². The van der Waals surface area contributed by atoms with Crippen LogP contribution in [0.3, 0.4) is 0 Å². The first-order valence-corrected chi connectivity index (χ1v) is 13.9. The van der Waals surface area contributed by atoms with Crippen LogP contribution in [0.5, 0.6) is 0 Å². The van der Waals surface area contributed by atoms with E-state index in [1.165, 1.54) is 40.7 Å². The summed E-state index contributed by atoms with van der Waals surface area (Å²) in [5.41, 5.74) is 5.85. The van der Waals surface area contributed by atoms with Gasteiger partial charge < -0.3 is 26.1 Å². The predicted octanol–water partition coefficient (Wildman–Crippen LogP) is 0.275. The largest absolute Gasteiger partial charge is 0.478 e. The Kier molecular flexibility index (Phi) is 8.23. The molecular weight excluding hydrogens is 556 g/mol. The summed E-state index contributed by atoms with van der Waals surface area (Å²) in [5, 5.41) is 26.1. The van der Waals surface area contributed by atoms with Gasteiger partial charge >= 0.3 is 11.9 Å². The van der Waals surface area contributed by atoms with E-state index in [1.54, 1.807) is 0 Å². The second kappa shape index (κ2) is 11.4. The monoisotopic (exact) mass is 579 g/mol. The number of thioether (sulfide) groups is 2. The number of carboxylic acids is 2. The Bertz CT molecular complexity index is 1340. The third kappa shape index (κ3) is 5.76. The average Bonchev–Trinajstić information content (AvgIpc) is 3.31. The van der Waals surface area contributed by atoms with Gasteiger partial charge in [-0.15, -0.1) is 34.9 Å². The van der Waals surface area contributed by atoms with Gasteiger partial charge in [-0.05, 0) is 12.5 Å². The molecule has 38 heavy (non-hydrogen) atoms. The molecule has 2 aliphatic rings. The lowest BCUT2D eigenvalue weighted by Gasteiger charge is -2.49. The van der Waals surface area contributed by atoms with E-state index in [-0.39, 0.29) is 22.2 Å². The van der Waals surface area contributed by atoms with Gasteiger partial charge in [-0.3, -0.25) is 14.5 Å². The molecule has 5 N–H and O–H groups in total. The van der Waals surface area contributed by atoms with Gasteiger partial charge in [0.15, 0.2) is 23.2 Å². The fourth-order valence-electron chi connectivity index (χ4n) is 3.54. The van der Waals surface area contributed by atoms with Crippen LogP contribution in [0.4, 0.5) is 5.13 Å². The third-order valence-electron chi connectivity index (χ3n) is 5.53. The van der Waals surface area contributed by atoms with E-state index in [4.69, 9.17) is 15.7 Å². The van der Waals surface area contributed by atoms with Crippen molar-refractivity contribution in [3.8, 4) is 0 Å². The number of oxime groups is 1. The Labute approximate surface area is 228 Å². The lowest BCUT2D eigenvalue weighted by Crippen LogP contribution is -2.71. The number of aliphatic carboxylic acids is 2. The predicted molar refractivity (Wildman–Crippen MR) is 139 cm³/mol. The molecule has 3 atom stereocenters. The molecule has 2 aromatic heterocycles. The van der Waals surface area contributed by atoms with Crippen LogP contribution in [-0.4, -0.2) is 78.6 Å². The van der Waals surface area contributed by atoms with Crippen LogP contribution < -0.4 is 15.6 Å². The number of carbonyl (C=O) groups excluding carboxylic acids is 2. The molecule has 0 unspecified atom stereocenters. The van der Waals surface area contributed by atoms with Crippen LogP contribution in [0.1, 0.15) is 12.6 Å². The smallest absolute Gasteiger partial charge is 0.352 e. The van der Waals surface area contributed by atoms with Crippen LogP contribution >= 0.6 is 34.9 Å². The average molecular weight is 580 g/mol. The molecule has 4 heterocycles. The van der Waals surface area contributed by atoms with E-state index >= 15 is 0 Å². The quantitative estimate of drug-likeness (QED) is 0.0994. The van der Waals surface area contributed by atoms with Crippen molar-refractivity contribution in [2.75, 3.05) is 17.2 Å². The van der Waals surface area contributed by atoms with E-state index in [0.717, 1.165) is 16.2 Å². The molecule has 0 bridgehead atoms. The number of thiazole rings is 1. The molecule has 0 spiro atoms. The summed E-state index contributed by atoms with van der Waals surface area (Å²) in [7, 11) is 1.90. The second-order valence-electron chi connectivity index (χ2n) is 8.20. The number of anilines is 1. The maximum absolute atomic E-state index is 13.1. The molecule has 0 saturated carbocycles. The number of nitrogens with one attached hydrogen (secondary N) is 1. The summed E-state index contributed by atoms with van der Waals surface area (Å²) >= 11 is 3.84. The molecule has 4 rings (SSSR count). The maximum Gasteiger partial charge on any atom is 0.352 e. The Hall–Kier alpha value is -3.63. The van der Waals surface area contributed by atoms with Crippen molar-refractivity contribution in [2.24, 2.45) is 12.2 Å². The number of aryl methyl sites for hydroxylation is 1. The number of fused-ring (bicyclic) bond motifs is 1. The second-order valence-corrected chi connectivity index (χ2v) is 11.2. The van der Waals surface area contributed by atoms with E-state index < -0.39 is 41.3 Å².